The number of fused-ring (bicyclic) bond motifs is 1. The number of para-hydroxylation sites is 2. The smallest absolute Gasteiger partial charge is 0.235 e. The van der Waals surface area contributed by atoms with Gasteiger partial charge in [0.15, 0.2) is 11.5 Å². The van der Waals surface area contributed by atoms with Crippen molar-refractivity contribution >= 4 is 11.0 Å². The van der Waals surface area contributed by atoms with Gasteiger partial charge in [-0.2, -0.15) is 0 Å². The van der Waals surface area contributed by atoms with E-state index in [0.29, 0.717) is 46.9 Å². The molecule has 3 heterocycles. The fraction of sp³-hybridized carbons (Fsp3) is 0.310. The van der Waals surface area contributed by atoms with Gasteiger partial charge in [-0.1, -0.05) is 24.6 Å². The predicted octanol–water partition coefficient (Wildman–Crippen LogP) is 6.12. The number of likely N-dealkylation sites (tertiary alicyclic amines) is 1. The number of aryl methyl sites for hydroxylation is 1. The second-order valence-corrected chi connectivity index (χ2v) is 9.01. The van der Waals surface area contributed by atoms with Crippen LogP contribution in [0, 0.1) is 6.92 Å². The largest absolute Gasteiger partial charge is 0.507 e. The molecule has 2 aromatic heterocycles. The van der Waals surface area contributed by atoms with Crippen LogP contribution in [0.2, 0.25) is 0 Å². The molecule has 1 N–H and O–H groups in total. The first kappa shape index (κ1) is 23.9. The standard InChI is InChI=1S/C29H30N2O5/c1-3-34-25-11-4-5-12-26(25)36-28-19(2)35-29-21(27(28)33)13-14-24(32)22(29)18-31-16-7-6-10-23(31)20-9-8-15-30-17-20/h4-5,8-9,11-15,17,23,32H,3,6-7,10,16,18H2,1-2H3/t23-/m0/s1. The normalized spacial score (nSPS) is 16.2. The van der Waals surface area contributed by atoms with Gasteiger partial charge in [0.25, 0.3) is 0 Å². The maximum Gasteiger partial charge on any atom is 0.235 e. The topological polar surface area (TPSA) is 85.0 Å². The number of ether oxygens (including phenoxy) is 2. The Bertz CT molecular complexity index is 1420. The first-order chi connectivity index (χ1) is 17.6. The predicted molar refractivity (Wildman–Crippen MR) is 138 cm³/mol. The van der Waals surface area contributed by atoms with E-state index >= 15 is 0 Å². The molecule has 1 fully saturated rings. The molecule has 1 aliphatic heterocycles. The highest BCUT2D eigenvalue weighted by molar-refractivity contribution is 5.83. The number of aromatic hydroxyl groups is 1. The van der Waals surface area contributed by atoms with Crippen LogP contribution in [0.25, 0.3) is 11.0 Å². The molecule has 0 radical (unpaired) electrons. The highest BCUT2D eigenvalue weighted by Gasteiger charge is 2.27. The first-order valence-corrected chi connectivity index (χ1v) is 12.4. The first-order valence-electron chi connectivity index (χ1n) is 12.4. The van der Waals surface area contributed by atoms with Gasteiger partial charge in [-0.25, -0.2) is 0 Å². The minimum Gasteiger partial charge on any atom is -0.507 e. The van der Waals surface area contributed by atoms with E-state index in [-0.39, 0.29) is 23.0 Å². The molecular weight excluding hydrogens is 456 g/mol. The third-order valence-electron chi connectivity index (χ3n) is 6.67. The number of hydrogen-bond donors (Lipinski definition) is 1. The van der Waals surface area contributed by atoms with Crippen molar-refractivity contribution in [1.82, 2.24) is 9.88 Å². The summed E-state index contributed by atoms with van der Waals surface area (Å²) in [6.45, 7) is 5.41. The zero-order valence-corrected chi connectivity index (χ0v) is 20.6. The quantitative estimate of drug-likeness (QED) is 0.337. The van der Waals surface area contributed by atoms with Crippen molar-refractivity contribution in [1.29, 1.82) is 0 Å². The highest BCUT2D eigenvalue weighted by Crippen LogP contribution is 2.37. The van der Waals surface area contributed by atoms with E-state index in [1.807, 2.05) is 31.3 Å². The fourth-order valence-corrected chi connectivity index (χ4v) is 4.92. The van der Waals surface area contributed by atoms with E-state index in [2.05, 4.69) is 16.0 Å². The summed E-state index contributed by atoms with van der Waals surface area (Å²) < 4.78 is 17.8. The molecule has 7 heteroatoms. The van der Waals surface area contributed by atoms with E-state index in [4.69, 9.17) is 13.9 Å². The van der Waals surface area contributed by atoms with Gasteiger partial charge in [0, 0.05) is 25.0 Å². The van der Waals surface area contributed by atoms with Gasteiger partial charge in [0.1, 0.15) is 17.1 Å². The SMILES string of the molecule is CCOc1ccccc1Oc1c(C)oc2c(CN3CCCC[C@H]3c3cccnc3)c(O)ccc2c1=O. The number of phenols is 1. The second kappa shape index (κ2) is 10.4. The summed E-state index contributed by atoms with van der Waals surface area (Å²) in [6.07, 6.45) is 6.90. The maximum absolute atomic E-state index is 13.5. The molecule has 2 aromatic carbocycles. The third-order valence-corrected chi connectivity index (χ3v) is 6.67. The molecule has 186 valence electrons. The lowest BCUT2D eigenvalue weighted by atomic mass is 9.95. The van der Waals surface area contributed by atoms with Crippen molar-refractivity contribution in [3.8, 4) is 23.0 Å². The Morgan fingerprint density at radius 1 is 1.11 bits per heavy atom. The minimum absolute atomic E-state index is 0.107. The van der Waals surface area contributed by atoms with Gasteiger partial charge in [0.05, 0.1) is 17.6 Å². The van der Waals surface area contributed by atoms with Gasteiger partial charge < -0.3 is 19.0 Å². The Kier molecular flexibility index (Phi) is 6.91. The summed E-state index contributed by atoms with van der Waals surface area (Å²) in [4.78, 5) is 20.2. The summed E-state index contributed by atoms with van der Waals surface area (Å²) >= 11 is 0. The van der Waals surface area contributed by atoms with Crippen LogP contribution < -0.4 is 14.9 Å². The Labute approximate surface area is 209 Å². The van der Waals surface area contributed by atoms with E-state index in [9.17, 15) is 9.90 Å². The van der Waals surface area contributed by atoms with Crippen LogP contribution in [0.5, 0.6) is 23.0 Å². The Morgan fingerprint density at radius 2 is 1.94 bits per heavy atom. The van der Waals surface area contributed by atoms with Crippen LogP contribution in [-0.4, -0.2) is 28.1 Å². The van der Waals surface area contributed by atoms with Gasteiger partial charge in [-0.05, 0) is 69.1 Å². The van der Waals surface area contributed by atoms with E-state index in [1.54, 1.807) is 37.4 Å². The summed E-state index contributed by atoms with van der Waals surface area (Å²) in [5, 5.41) is 11.2. The number of piperidine rings is 1. The molecule has 1 saturated heterocycles. The van der Waals surface area contributed by atoms with E-state index in [0.717, 1.165) is 31.4 Å². The van der Waals surface area contributed by atoms with Gasteiger partial charge >= 0.3 is 0 Å². The number of hydrogen-bond acceptors (Lipinski definition) is 7. The molecule has 4 aromatic rings. The Balaban J connectivity index is 1.53. The van der Waals surface area contributed by atoms with Crippen molar-refractivity contribution in [2.45, 2.75) is 45.7 Å². The number of rotatable bonds is 7. The molecule has 0 spiro atoms. The number of pyridine rings is 1. The van der Waals surface area contributed by atoms with Crippen LogP contribution in [0.4, 0.5) is 0 Å². The van der Waals surface area contributed by atoms with Gasteiger partial charge in [-0.3, -0.25) is 14.7 Å². The van der Waals surface area contributed by atoms with Crippen molar-refractivity contribution in [2.75, 3.05) is 13.2 Å². The summed E-state index contributed by atoms with van der Waals surface area (Å²) in [5.74, 6) is 1.55. The molecular formula is C29H30N2O5. The molecule has 7 nitrogen and oxygen atoms in total. The number of benzene rings is 2. The molecule has 5 rings (SSSR count). The molecule has 0 aliphatic carbocycles. The average molecular weight is 487 g/mol. The summed E-state index contributed by atoms with van der Waals surface area (Å²) in [7, 11) is 0. The van der Waals surface area contributed by atoms with Crippen LogP contribution in [0.15, 0.2) is 70.1 Å². The average Bonchev–Trinajstić information content (AvgIpc) is 2.90. The molecule has 0 bridgehead atoms. The van der Waals surface area contributed by atoms with Crippen LogP contribution >= 0.6 is 0 Å². The van der Waals surface area contributed by atoms with Crippen molar-refractivity contribution in [2.24, 2.45) is 0 Å². The zero-order valence-electron chi connectivity index (χ0n) is 20.6. The van der Waals surface area contributed by atoms with Gasteiger partial charge in [-0.15, -0.1) is 0 Å². The molecule has 1 atom stereocenters. The molecule has 0 unspecified atom stereocenters. The fourth-order valence-electron chi connectivity index (χ4n) is 4.92. The van der Waals surface area contributed by atoms with Crippen molar-refractivity contribution < 1.29 is 19.0 Å². The lowest BCUT2D eigenvalue weighted by Crippen LogP contribution is -2.33. The second-order valence-electron chi connectivity index (χ2n) is 9.01. The van der Waals surface area contributed by atoms with Crippen LogP contribution in [0.1, 0.15) is 49.1 Å². The monoisotopic (exact) mass is 486 g/mol. The zero-order chi connectivity index (χ0) is 25.1. The summed E-state index contributed by atoms with van der Waals surface area (Å²) in [5.41, 5.74) is 1.85. The highest BCUT2D eigenvalue weighted by atomic mass is 16.5. The van der Waals surface area contributed by atoms with Crippen molar-refractivity contribution in [3.05, 3.63) is 88.0 Å². The van der Waals surface area contributed by atoms with E-state index in [1.165, 1.54) is 0 Å². The van der Waals surface area contributed by atoms with Crippen LogP contribution in [-0.2, 0) is 6.54 Å². The Morgan fingerprint density at radius 3 is 2.72 bits per heavy atom. The summed E-state index contributed by atoms with van der Waals surface area (Å²) in [6, 6.07) is 14.6. The third kappa shape index (κ3) is 4.66. The molecule has 0 saturated carbocycles. The van der Waals surface area contributed by atoms with Gasteiger partial charge in [0.2, 0.25) is 11.2 Å². The lowest BCUT2D eigenvalue weighted by molar-refractivity contribution is 0.139. The number of nitrogens with zero attached hydrogens (tertiary/aromatic N) is 2. The van der Waals surface area contributed by atoms with E-state index < -0.39 is 0 Å². The number of phenolic OH excluding ortho intramolecular Hbond substituents is 1. The maximum atomic E-state index is 13.5. The Hall–Kier alpha value is -3.84. The molecule has 36 heavy (non-hydrogen) atoms. The minimum atomic E-state index is -0.288. The number of aromatic nitrogens is 1. The van der Waals surface area contributed by atoms with Crippen molar-refractivity contribution in [3.63, 3.8) is 0 Å². The lowest BCUT2D eigenvalue weighted by Gasteiger charge is -2.36. The van der Waals surface area contributed by atoms with Crippen LogP contribution in [0.3, 0.4) is 0 Å². The molecule has 1 aliphatic rings. The molecule has 0 amide bonds.